The number of anilines is 6. The second-order valence-corrected chi connectivity index (χ2v) is 40.7. The lowest BCUT2D eigenvalue weighted by Crippen LogP contribution is -2.62. The molecule has 0 saturated heterocycles. The molecule has 0 bridgehead atoms. The number of allylic oxidation sites excluding steroid dienone is 2. The fourth-order valence-corrected chi connectivity index (χ4v) is 20.9. The molecule has 4 heteroatoms. The van der Waals surface area contributed by atoms with Crippen molar-refractivity contribution in [1.29, 1.82) is 0 Å². The fourth-order valence-electron chi connectivity index (χ4n) is 20.9. The van der Waals surface area contributed by atoms with Crippen LogP contribution in [0.4, 0.5) is 34.1 Å². The highest BCUT2D eigenvalue weighted by Gasteiger charge is 2.46. The Balaban J connectivity index is 0.841. The van der Waals surface area contributed by atoms with Crippen molar-refractivity contribution in [2.24, 2.45) is 5.41 Å². The van der Waals surface area contributed by atoms with Crippen LogP contribution in [0.15, 0.2) is 327 Å². The molecule has 1 aliphatic carbocycles. The lowest BCUT2D eigenvalue weighted by atomic mass is 9.33. The standard InChI is InChI=1S/C118H112BN3/c1-114(2,3)85-48-45-75(46-49-85)61-78-66-109-113-110(67-78)121(60-58-92-98(81-35-24-18-25-36-81)72-89(118(13,14)15)73-99(92)82-37-26-19-27-38-82)108-74-90(122-105-55-50-86(115(4,5)6)68-100(105)101-69-87(116(7,8)9)51-56-106(101)122)52-54-104(108)119(113)103-53-47-76(62-77-63-84-41-30-43-94-93-42-28-39-83-40-29-44-95(111(83)93)102(64-77)112(84)94)65-107(103)120(109)59-57-91-96(79-31-20-16-21-32-79)70-88(117(10,11)12)71-97(91)80-33-22-17-23-34-80/h16-56,63-74,100,105H,57-62H2,1-15H3. The first-order valence-electron chi connectivity index (χ1n) is 44.7. The zero-order chi connectivity index (χ0) is 84.0. The van der Waals surface area contributed by atoms with Gasteiger partial charge in [-0.1, -0.05) is 389 Å². The van der Waals surface area contributed by atoms with Crippen LogP contribution in [0.5, 0.6) is 0 Å². The van der Waals surface area contributed by atoms with Gasteiger partial charge in [0.1, 0.15) is 0 Å². The zero-order valence-corrected chi connectivity index (χ0v) is 73.9. The van der Waals surface area contributed by atoms with Gasteiger partial charge >= 0.3 is 0 Å². The van der Waals surface area contributed by atoms with Gasteiger partial charge in [0.15, 0.2) is 0 Å². The topological polar surface area (TPSA) is 9.72 Å². The van der Waals surface area contributed by atoms with Crippen molar-refractivity contribution >= 4 is 100 Å². The molecule has 0 amide bonds. The number of benzene rings is 16. The van der Waals surface area contributed by atoms with E-state index in [9.17, 15) is 0 Å². The zero-order valence-electron chi connectivity index (χ0n) is 73.9. The van der Waals surface area contributed by atoms with Gasteiger partial charge in [0.2, 0.25) is 0 Å². The Bertz CT molecular complexity index is 6700. The number of fused-ring (bicyclic) bond motifs is 9. The van der Waals surface area contributed by atoms with Gasteiger partial charge in [-0.15, -0.1) is 0 Å². The van der Waals surface area contributed by atoms with E-state index >= 15 is 0 Å². The van der Waals surface area contributed by atoms with Crippen molar-refractivity contribution in [2.75, 3.05) is 27.8 Å². The minimum Gasteiger partial charge on any atom is -0.342 e. The number of hydrogen-bond acceptors (Lipinski definition) is 3. The first-order chi connectivity index (χ1) is 58.6. The monoisotopic (exact) mass is 1580 g/mol. The maximum atomic E-state index is 2.83. The highest BCUT2D eigenvalue weighted by molar-refractivity contribution is 7.00. The summed E-state index contributed by atoms with van der Waals surface area (Å²) < 4.78 is 0. The quantitative estimate of drug-likeness (QED) is 0.0575. The summed E-state index contributed by atoms with van der Waals surface area (Å²) in [7, 11) is 0. The summed E-state index contributed by atoms with van der Waals surface area (Å²) in [5.74, 6) is 0.168. The molecule has 0 radical (unpaired) electrons. The summed E-state index contributed by atoms with van der Waals surface area (Å²) >= 11 is 0. The molecule has 122 heavy (non-hydrogen) atoms. The average molecular weight is 1580 g/mol. The van der Waals surface area contributed by atoms with Crippen LogP contribution in [0.3, 0.4) is 0 Å². The normalized spacial score (nSPS) is 15.2. The highest BCUT2D eigenvalue weighted by Crippen LogP contribution is 2.54. The minimum atomic E-state index is -0.124. The van der Waals surface area contributed by atoms with Crippen molar-refractivity contribution in [3.63, 3.8) is 0 Å². The third-order valence-corrected chi connectivity index (χ3v) is 27.4. The number of hydrogen-bond donors (Lipinski definition) is 0. The summed E-state index contributed by atoms with van der Waals surface area (Å²) in [6.45, 7) is 36.7. The van der Waals surface area contributed by atoms with E-state index in [1.54, 1.807) is 0 Å². The first-order valence-corrected chi connectivity index (χ1v) is 44.7. The van der Waals surface area contributed by atoms with Crippen molar-refractivity contribution < 1.29 is 0 Å². The SMILES string of the molecule is CC(C)(C)C1=CC2c3cc(C(C)(C)C)ccc3N(c3ccc4c(c3)N(CCc3c(-c5ccccc5)cc(C(C)(C)C)cc3-c3ccccc3)c3cc(Cc5ccc(C(C)(C)C)cc5)cc5c3B4c3ccc(Cc4cc6cccc7c8cccc9cccc(c(c4)c67)c98)cc3N5CCc3c(-c4ccccc4)cc(C(C)(C)C)cc3-c3ccccc3)C2C=C1. The minimum absolute atomic E-state index is 0.00652. The van der Waals surface area contributed by atoms with Crippen molar-refractivity contribution in [3.05, 3.63) is 388 Å². The Morgan fingerprint density at radius 3 is 1.23 bits per heavy atom. The summed E-state index contributed by atoms with van der Waals surface area (Å²) in [5, 5.41) is 10.5. The largest absolute Gasteiger partial charge is 0.342 e. The van der Waals surface area contributed by atoms with Gasteiger partial charge < -0.3 is 14.7 Å². The van der Waals surface area contributed by atoms with E-state index in [-0.39, 0.29) is 45.7 Å². The molecule has 16 aromatic rings. The Hall–Kier alpha value is -12.2. The van der Waals surface area contributed by atoms with Crippen LogP contribution in [0.1, 0.15) is 171 Å². The van der Waals surface area contributed by atoms with Gasteiger partial charge in [-0.25, -0.2) is 0 Å². The number of rotatable bonds is 15. The van der Waals surface area contributed by atoms with E-state index in [1.165, 1.54) is 205 Å². The van der Waals surface area contributed by atoms with Gasteiger partial charge in [0.25, 0.3) is 6.71 Å². The first kappa shape index (κ1) is 78.3. The molecule has 20 rings (SSSR count). The Morgan fingerprint density at radius 1 is 0.311 bits per heavy atom. The van der Waals surface area contributed by atoms with Gasteiger partial charge in [0.05, 0.1) is 6.04 Å². The van der Waals surface area contributed by atoms with E-state index in [2.05, 4.69) is 440 Å². The summed E-state index contributed by atoms with van der Waals surface area (Å²) in [6.07, 6.45) is 10.7. The number of nitrogens with zero attached hydrogens (tertiary/aromatic N) is 3. The fraction of sp³-hybridized carbons (Fsp3) is 0.237. The molecule has 3 nitrogen and oxygen atoms in total. The van der Waals surface area contributed by atoms with E-state index in [1.807, 2.05) is 0 Å². The van der Waals surface area contributed by atoms with E-state index in [0.29, 0.717) is 6.54 Å². The molecule has 0 saturated carbocycles. The van der Waals surface area contributed by atoms with Crippen LogP contribution >= 0.6 is 0 Å². The van der Waals surface area contributed by atoms with Crippen molar-refractivity contribution in [1.82, 2.24) is 0 Å². The lowest BCUT2D eigenvalue weighted by Gasteiger charge is -2.45. The maximum absolute atomic E-state index is 2.83. The van der Waals surface area contributed by atoms with Crippen molar-refractivity contribution in [2.45, 2.75) is 163 Å². The van der Waals surface area contributed by atoms with Gasteiger partial charge in [0, 0.05) is 53.1 Å². The highest BCUT2D eigenvalue weighted by atomic mass is 15.2. The van der Waals surface area contributed by atoms with Crippen LogP contribution in [0, 0.1) is 5.41 Å². The molecule has 16 aromatic carbocycles. The molecule has 0 N–H and O–H groups in total. The molecule has 0 fully saturated rings. The predicted molar refractivity (Wildman–Crippen MR) is 526 cm³/mol. The maximum Gasteiger partial charge on any atom is 0.252 e. The molecule has 0 aromatic heterocycles. The van der Waals surface area contributed by atoms with Crippen LogP contribution in [0.25, 0.3) is 87.6 Å². The van der Waals surface area contributed by atoms with E-state index in [0.717, 1.165) is 32.2 Å². The van der Waals surface area contributed by atoms with Crippen LogP contribution in [-0.4, -0.2) is 25.8 Å². The second-order valence-electron chi connectivity index (χ2n) is 40.7. The molecule has 3 aliphatic heterocycles. The molecule has 3 heterocycles. The Labute approximate surface area is 724 Å². The summed E-state index contributed by atoms with van der Waals surface area (Å²) in [4.78, 5) is 8.36. The van der Waals surface area contributed by atoms with Gasteiger partial charge in [-0.05, 0) is 260 Å². The van der Waals surface area contributed by atoms with Gasteiger partial charge in [-0.2, -0.15) is 0 Å². The van der Waals surface area contributed by atoms with Crippen LogP contribution < -0.4 is 31.1 Å². The molecule has 4 aliphatic rings. The Kier molecular flexibility index (Phi) is 19.2. The average Bonchev–Trinajstić information content (AvgIpc) is 0.811. The molecular weight excluding hydrogens is 1470 g/mol. The van der Waals surface area contributed by atoms with Crippen LogP contribution in [0.2, 0.25) is 0 Å². The van der Waals surface area contributed by atoms with Gasteiger partial charge in [-0.3, -0.25) is 0 Å². The van der Waals surface area contributed by atoms with Crippen LogP contribution in [-0.2, 0) is 47.3 Å². The molecule has 602 valence electrons. The Morgan fingerprint density at radius 2 is 0.738 bits per heavy atom. The summed E-state index contributed by atoms with van der Waals surface area (Å²) in [5.41, 5.74) is 37.6. The van der Waals surface area contributed by atoms with E-state index in [4.69, 9.17) is 0 Å². The lowest BCUT2D eigenvalue weighted by molar-refractivity contribution is 0.507. The second kappa shape index (κ2) is 29.8. The molecule has 0 spiro atoms. The third-order valence-electron chi connectivity index (χ3n) is 27.4. The molecule has 2 atom stereocenters. The van der Waals surface area contributed by atoms with E-state index < -0.39 is 0 Å². The van der Waals surface area contributed by atoms with Crippen molar-refractivity contribution in [3.8, 4) is 44.5 Å². The smallest absolute Gasteiger partial charge is 0.252 e. The third kappa shape index (κ3) is 14.0. The molecular formula is C118H112BN3. The molecule has 2 unspecified atom stereocenters. The summed E-state index contributed by atoms with van der Waals surface area (Å²) in [6, 6.07) is 119. The predicted octanol–water partition coefficient (Wildman–Crippen LogP) is 28.8.